The van der Waals surface area contributed by atoms with Crippen LogP contribution in [0.4, 0.5) is 14.7 Å². The summed E-state index contributed by atoms with van der Waals surface area (Å²) in [4.78, 5) is 16.7. The van der Waals surface area contributed by atoms with E-state index in [1.807, 2.05) is 0 Å². The molecule has 1 saturated heterocycles. The number of carbonyl (C=O) groups is 1. The zero-order valence-corrected chi connectivity index (χ0v) is 14.4. The molecular formula is C17H21F2N5O2. The molecule has 140 valence electrons. The number of nitrogens with zero attached hydrogens (tertiary/aromatic N) is 3. The summed E-state index contributed by atoms with van der Waals surface area (Å²) in [6, 6.07) is 5.97. The summed E-state index contributed by atoms with van der Waals surface area (Å²) in [6.07, 6.45) is 2.05. The second-order valence-corrected chi connectivity index (χ2v) is 6.19. The molecule has 1 aromatic carbocycles. The third kappa shape index (κ3) is 4.75. The number of halogens is 2. The van der Waals surface area contributed by atoms with Gasteiger partial charge in [-0.05, 0) is 43.6 Å². The number of ether oxygens (including phenoxy) is 1. The molecule has 1 aliphatic rings. The van der Waals surface area contributed by atoms with Crippen molar-refractivity contribution in [2.75, 3.05) is 18.4 Å². The molecule has 3 rings (SSSR count). The molecule has 0 unspecified atom stereocenters. The summed E-state index contributed by atoms with van der Waals surface area (Å²) < 4.78 is 30.1. The van der Waals surface area contributed by atoms with Crippen molar-refractivity contribution in [2.45, 2.75) is 31.8 Å². The van der Waals surface area contributed by atoms with Crippen LogP contribution >= 0.6 is 0 Å². The quantitative estimate of drug-likeness (QED) is 0.819. The van der Waals surface area contributed by atoms with Crippen LogP contribution in [-0.4, -0.2) is 40.4 Å². The van der Waals surface area contributed by atoms with Crippen LogP contribution in [0.5, 0.6) is 5.75 Å². The predicted molar refractivity (Wildman–Crippen MR) is 91.3 cm³/mol. The zero-order chi connectivity index (χ0) is 18.5. The van der Waals surface area contributed by atoms with Crippen LogP contribution in [0.1, 0.15) is 30.1 Å². The lowest BCUT2D eigenvalue weighted by molar-refractivity contribution is -0.115. The van der Waals surface area contributed by atoms with Crippen LogP contribution < -0.4 is 15.4 Å². The van der Waals surface area contributed by atoms with E-state index in [1.54, 1.807) is 23.9 Å². The number of rotatable bonds is 6. The number of aromatic nitrogens is 3. The van der Waals surface area contributed by atoms with E-state index < -0.39 is 6.61 Å². The van der Waals surface area contributed by atoms with Gasteiger partial charge in [0.2, 0.25) is 11.9 Å². The fourth-order valence-corrected chi connectivity index (χ4v) is 2.91. The van der Waals surface area contributed by atoms with Gasteiger partial charge in [0.1, 0.15) is 5.75 Å². The maximum absolute atomic E-state index is 12.2. The first-order valence-corrected chi connectivity index (χ1v) is 8.46. The van der Waals surface area contributed by atoms with E-state index in [2.05, 4.69) is 25.5 Å². The molecule has 2 heterocycles. The van der Waals surface area contributed by atoms with Gasteiger partial charge >= 0.3 is 6.61 Å². The number of piperidine rings is 1. The summed E-state index contributed by atoms with van der Waals surface area (Å²) in [6.45, 7) is -0.986. The average molecular weight is 365 g/mol. The first kappa shape index (κ1) is 18.2. The molecule has 0 atom stereocenters. The molecule has 0 spiro atoms. The Bertz CT molecular complexity index is 742. The third-order valence-electron chi connectivity index (χ3n) is 4.25. The van der Waals surface area contributed by atoms with E-state index in [9.17, 15) is 13.6 Å². The monoisotopic (exact) mass is 365 g/mol. The second-order valence-electron chi connectivity index (χ2n) is 6.19. The topological polar surface area (TPSA) is 81.1 Å². The highest BCUT2D eigenvalue weighted by Crippen LogP contribution is 2.23. The van der Waals surface area contributed by atoms with E-state index >= 15 is 0 Å². The fourth-order valence-electron chi connectivity index (χ4n) is 2.91. The number of aryl methyl sites for hydroxylation is 1. The second kappa shape index (κ2) is 8.22. The van der Waals surface area contributed by atoms with Crippen molar-refractivity contribution in [3.05, 3.63) is 35.7 Å². The van der Waals surface area contributed by atoms with Crippen LogP contribution in [0.25, 0.3) is 0 Å². The molecule has 26 heavy (non-hydrogen) atoms. The third-order valence-corrected chi connectivity index (χ3v) is 4.25. The minimum absolute atomic E-state index is 0.0593. The SMILES string of the molecule is Cn1nc(C2CCNCC2)nc1NC(=O)Cc1ccc(OC(F)F)cc1. The van der Waals surface area contributed by atoms with Gasteiger partial charge in [0.05, 0.1) is 6.42 Å². The number of amides is 1. The van der Waals surface area contributed by atoms with Gasteiger partial charge in [-0.3, -0.25) is 10.1 Å². The number of hydrogen-bond donors (Lipinski definition) is 2. The Kier molecular flexibility index (Phi) is 5.77. The van der Waals surface area contributed by atoms with Gasteiger partial charge in [-0.15, -0.1) is 0 Å². The van der Waals surface area contributed by atoms with Crippen molar-refractivity contribution >= 4 is 11.9 Å². The summed E-state index contributed by atoms with van der Waals surface area (Å²) in [5.74, 6) is 1.26. The van der Waals surface area contributed by atoms with Gasteiger partial charge in [0.15, 0.2) is 5.82 Å². The minimum Gasteiger partial charge on any atom is -0.435 e. The number of nitrogens with one attached hydrogen (secondary N) is 2. The Morgan fingerprint density at radius 3 is 2.69 bits per heavy atom. The highest BCUT2D eigenvalue weighted by molar-refractivity contribution is 5.90. The molecule has 0 radical (unpaired) electrons. The van der Waals surface area contributed by atoms with Gasteiger partial charge in [-0.1, -0.05) is 12.1 Å². The van der Waals surface area contributed by atoms with Gasteiger partial charge in [-0.2, -0.15) is 18.9 Å². The highest BCUT2D eigenvalue weighted by atomic mass is 19.3. The first-order chi connectivity index (χ1) is 12.5. The van der Waals surface area contributed by atoms with Gasteiger partial charge in [0.25, 0.3) is 0 Å². The Balaban J connectivity index is 1.58. The smallest absolute Gasteiger partial charge is 0.387 e. The molecule has 1 aliphatic heterocycles. The Morgan fingerprint density at radius 2 is 2.04 bits per heavy atom. The molecule has 1 fully saturated rings. The molecule has 2 N–H and O–H groups in total. The zero-order valence-electron chi connectivity index (χ0n) is 14.4. The summed E-state index contributed by atoms with van der Waals surface area (Å²) in [5, 5.41) is 10.5. The number of carbonyl (C=O) groups excluding carboxylic acids is 1. The lowest BCUT2D eigenvalue weighted by Gasteiger charge is -2.19. The average Bonchev–Trinajstić information content (AvgIpc) is 2.97. The minimum atomic E-state index is -2.87. The number of hydrogen-bond acceptors (Lipinski definition) is 5. The van der Waals surface area contributed by atoms with E-state index in [0.717, 1.165) is 31.8 Å². The van der Waals surface area contributed by atoms with E-state index in [4.69, 9.17) is 0 Å². The first-order valence-electron chi connectivity index (χ1n) is 8.46. The Morgan fingerprint density at radius 1 is 1.35 bits per heavy atom. The molecule has 0 bridgehead atoms. The van der Waals surface area contributed by atoms with Crippen molar-refractivity contribution in [2.24, 2.45) is 7.05 Å². The molecule has 7 nitrogen and oxygen atoms in total. The molecule has 1 aromatic heterocycles. The predicted octanol–water partition coefficient (Wildman–Crippen LogP) is 2.06. The Labute approximate surface area is 149 Å². The molecule has 9 heteroatoms. The molecular weight excluding hydrogens is 344 g/mol. The van der Waals surface area contributed by atoms with E-state index in [-0.39, 0.29) is 18.1 Å². The van der Waals surface area contributed by atoms with Crippen LogP contribution in [0.15, 0.2) is 24.3 Å². The lowest BCUT2D eigenvalue weighted by atomic mass is 9.98. The molecule has 0 saturated carbocycles. The van der Waals surface area contributed by atoms with E-state index in [1.165, 1.54) is 12.1 Å². The largest absolute Gasteiger partial charge is 0.435 e. The van der Waals surface area contributed by atoms with E-state index in [0.29, 0.717) is 17.4 Å². The van der Waals surface area contributed by atoms with Gasteiger partial charge in [0, 0.05) is 13.0 Å². The van der Waals surface area contributed by atoms with Crippen molar-refractivity contribution in [1.29, 1.82) is 0 Å². The fraction of sp³-hybridized carbons (Fsp3) is 0.471. The van der Waals surface area contributed by atoms with Gasteiger partial charge < -0.3 is 10.1 Å². The summed E-state index contributed by atoms with van der Waals surface area (Å²) in [5.41, 5.74) is 0.685. The number of anilines is 1. The molecule has 1 amide bonds. The molecule has 0 aliphatic carbocycles. The van der Waals surface area contributed by atoms with Crippen LogP contribution in [0.3, 0.4) is 0 Å². The maximum atomic E-state index is 12.2. The van der Waals surface area contributed by atoms with Gasteiger partial charge in [-0.25, -0.2) is 4.68 Å². The summed E-state index contributed by atoms with van der Waals surface area (Å²) in [7, 11) is 1.74. The number of alkyl halides is 2. The maximum Gasteiger partial charge on any atom is 0.387 e. The Hall–Kier alpha value is -2.55. The van der Waals surface area contributed by atoms with Crippen molar-refractivity contribution in [3.63, 3.8) is 0 Å². The highest BCUT2D eigenvalue weighted by Gasteiger charge is 2.21. The molecule has 2 aromatic rings. The van der Waals surface area contributed by atoms with Crippen LogP contribution in [0, 0.1) is 0 Å². The van der Waals surface area contributed by atoms with Crippen LogP contribution in [-0.2, 0) is 18.3 Å². The summed E-state index contributed by atoms with van der Waals surface area (Å²) >= 11 is 0. The van der Waals surface area contributed by atoms with Crippen molar-refractivity contribution < 1.29 is 18.3 Å². The van der Waals surface area contributed by atoms with Crippen LogP contribution in [0.2, 0.25) is 0 Å². The van der Waals surface area contributed by atoms with Crippen molar-refractivity contribution in [3.8, 4) is 5.75 Å². The standard InChI is InChI=1S/C17H21F2N5O2/c1-24-17(22-15(23-24)12-6-8-20-9-7-12)21-14(25)10-11-2-4-13(5-3-11)26-16(18)19/h2-5,12,16,20H,6-10H2,1H3,(H,21,22,23,25). The normalized spacial score (nSPS) is 15.2. The van der Waals surface area contributed by atoms with Crippen molar-refractivity contribution in [1.82, 2.24) is 20.1 Å². The number of benzene rings is 1. The lowest BCUT2D eigenvalue weighted by Crippen LogP contribution is -2.27.